The zero-order chi connectivity index (χ0) is 21.0. The van der Waals surface area contributed by atoms with Gasteiger partial charge in [0.2, 0.25) is 0 Å². The molecule has 1 atom stereocenters. The molecule has 0 bridgehead atoms. The number of hydrogen-bond donors (Lipinski definition) is 1. The second-order valence-electron chi connectivity index (χ2n) is 8.60. The monoisotopic (exact) mass is 395 g/mol. The Morgan fingerprint density at radius 1 is 1.14 bits per heavy atom. The Kier molecular flexibility index (Phi) is 6.26. The van der Waals surface area contributed by atoms with Crippen LogP contribution in [-0.2, 0) is 17.6 Å². The van der Waals surface area contributed by atoms with Crippen LogP contribution in [0.2, 0.25) is 0 Å². The molecule has 0 saturated carbocycles. The Labute approximate surface area is 172 Å². The lowest BCUT2D eigenvalue weighted by molar-refractivity contribution is 0.0221. The number of hydrogen-bond acceptors (Lipinski definition) is 4. The summed E-state index contributed by atoms with van der Waals surface area (Å²) in [4.78, 5) is 27.4. The van der Waals surface area contributed by atoms with Crippen LogP contribution in [0.15, 0.2) is 48.5 Å². The number of fused-ring (bicyclic) bond motifs is 1. The van der Waals surface area contributed by atoms with Crippen LogP contribution in [0.1, 0.15) is 48.7 Å². The van der Waals surface area contributed by atoms with Crippen molar-refractivity contribution in [2.75, 3.05) is 13.1 Å². The molecule has 0 saturated heterocycles. The molecule has 1 aliphatic rings. The first-order chi connectivity index (χ1) is 13.7. The van der Waals surface area contributed by atoms with Crippen molar-refractivity contribution in [3.8, 4) is 5.75 Å². The number of benzene rings is 2. The zero-order valence-electron chi connectivity index (χ0n) is 17.4. The van der Waals surface area contributed by atoms with Crippen molar-refractivity contribution < 1.29 is 19.4 Å². The predicted octanol–water partition coefficient (Wildman–Crippen LogP) is 4.62. The van der Waals surface area contributed by atoms with Gasteiger partial charge in [-0.15, -0.1) is 0 Å². The van der Waals surface area contributed by atoms with E-state index in [1.165, 1.54) is 0 Å². The van der Waals surface area contributed by atoms with Gasteiger partial charge in [-0.05, 0) is 63.3 Å². The highest BCUT2D eigenvalue weighted by Crippen LogP contribution is 2.27. The van der Waals surface area contributed by atoms with Gasteiger partial charge in [0.25, 0.3) is 0 Å². The van der Waals surface area contributed by atoms with E-state index in [2.05, 4.69) is 0 Å². The molecular formula is C24H29NO4. The fourth-order valence-electron chi connectivity index (χ4n) is 3.61. The molecular weight excluding hydrogens is 366 g/mol. The molecule has 1 aliphatic carbocycles. The minimum atomic E-state index is -0.600. The van der Waals surface area contributed by atoms with Crippen molar-refractivity contribution in [1.29, 1.82) is 0 Å². The van der Waals surface area contributed by atoms with Gasteiger partial charge in [0, 0.05) is 24.6 Å². The lowest BCUT2D eigenvalue weighted by Gasteiger charge is -2.31. The van der Waals surface area contributed by atoms with E-state index in [4.69, 9.17) is 4.74 Å². The highest BCUT2D eigenvalue weighted by atomic mass is 16.6. The van der Waals surface area contributed by atoms with Crippen LogP contribution in [0.3, 0.4) is 0 Å². The normalized spacial score (nSPS) is 16.2. The van der Waals surface area contributed by atoms with E-state index in [-0.39, 0.29) is 17.5 Å². The number of aryl methyl sites for hydroxylation is 1. The van der Waals surface area contributed by atoms with Crippen LogP contribution in [0.4, 0.5) is 4.79 Å². The van der Waals surface area contributed by atoms with Crippen LogP contribution in [0.25, 0.3) is 0 Å². The van der Waals surface area contributed by atoms with Gasteiger partial charge in [-0.3, -0.25) is 4.79 Å². The van der Waals surface area contributed by atoms with Gasteiger partial charge in [0.15, 0.2) is 5.78 Å². The molecule has 0 fully saturated rings. The molecule has 29 heavy (non-hydrogen) atoms. The van der Waals surface area contributed by atoms with E-state index in [0.29, 0.717) is 19.5 Å². The van der Waals surface area contributed by atoms with E-state index in [1.807, 2.05) is 57.2 Å². The van der Waals surface area contributed by atoms with E-state index >= 15 is 0 Å². The smallest absolute Gasteiger partial charge is 0.410 e. The molecule has 5 nitrogen and oxygen atoms in total. The maximum Gasteiger partial charge on any atom is 0.410 e. The molecule has 3 rings (SSSR count). The summed E-state index contributed by atoms with van der Waals surface area (Å²) in [7, 11) is 0. The molecule has 1 unspecified atom stereocenters. The number of phenolic OH excluding ortho intramolecular Hbond substituents is 1. The van der Waals surface area contributed by atoms with Crippen molar-refractivity contribution in [2.24, 2.45) is 5.92 Å². The van der Waals surface area contributed by atoms with Crippen molar-refractivity contribution in [3.05, 3.63) is 65.2 Å². The van der Waals surface area contributed by atoms with Gasteiger partial charge in [0.1, 0.15) is 11.4 Å². The van der Waals surface area contributed by atoms with E-state index in [1.54, 1.807) is 17.0 Å². The summed E-state index contributed by atoms with van der Waals surface area (Å²) >= 11 is 0. The Bertz CT molecular complexity index is 867. The van der Waals surface area contributed by atoms with Gasteiger partial charge >= 0.3 is 6.09 Å². The number of amides is 1. The molecule has 1 N–H and O–H groups in total. The molecule has 1 amide bonds. The first kappa shape index (κ1) is 20.9. The van der Waals surface area contributed by atoms with E-state index < -0.39 is 11.7 Å². The Balaban J connectivity index is 1.73. The first-order valence-electron chi connectivity index (χ1n) is 10.1. The number of carbonyl (C=O) groups excluding carboxylic acids is 2. The quantitative estimate of drug-likeness (QED) is 0.802. The maximum absolute atomic E-state index is 13.0. The number of rotatable bonds is 5. The largest absolute Gasteiger partial charge is 0.508 e. The second-order valence-corrected chi connectivity index (χ2v) is 8.60. The second kappa shape index (κ2) is 8.68. The lowest BCUT2D eigenvalue weighted by atomic mass is 9.82. The highest BCUT2D eigenvalue weighted by molar-refractivity contribution is 6.00. The standard InChI is InChI=1S/C24H29NO4/c1-24(2,3)29-23(28)25(15-14-17-8-12-20(26)13-9-17)16-19-11-10-18-6-4-5-7-21(18)22(19)27/h4-9,12-13,19,26H,10-11,14-16H2,1-3H3. The number of ketones is 1. The zero-order valence-corrected chi connectivity index (χ0v) is 17.4. The van der Waals surface area contributed by atoms with Crippen LogP contribution in [0.5, 0.6) is 5.75 Å². The first-order valence-corrected chi connectivity index (χ1v) is 10.1. The van der Waals surface area contributed by atoms with Crippen LogP contribution >= 0.6 is 0 Å². The molecule has 0 heterocycles. The Hall–Kier alpha value is -2.82. The van der Waals surface area contributed by atoms with Gasteiger partial charge in [-0.1, -0.05) is 36.4 Å². The lowest BCUT2D eigenvalue weighted by Crippen LogP contribution is -2.43. The van der Waals surface area contributed by atoms with E-state index in [0.717, 1.165) is 29.5 Å². The summed E-state index contributed by atoms with van der Waals surface area (Å²) in [6, 6.07) is 14.7. The van der Waals surface area contributed by atoms with Crippen LogP contribution in [-0.4, -0.2) is 40.6 Å². The maximum atomic E-state index is 13.0. The predicted molar refractivity (Wildman–Crippen MR) is 112 cm³/mol. The van der Waals surface area contributed by atoms with Crippen molar-refractivity contribution in [2.45, 2.75) is 45.6 Å². The van der Waals surface area contributed by atoms with Gasteiger partial charge in [-0.2, -0.15) is 0 Å². The molecule has 0 aromatic heterocycles. The van der Waals surface area contributed by atoms with Gasteiger partial charge < -0.3 is 14.7 Å². The van der Waals surface area contributed by atoms with Crippen molar-refractivity contribution in [1.82, 2.24) is 4.90 Å². The Morgan fingerprint density at radius 3 is 2.52 bits per heavy atom. The van der Waals surface area contributed by atoms with Gasteiger partial charge in [-0.25, -0.2) is 4.79 Å². The average Bonchev–Trinajstić information content (AvgIpc) is 2.67. The molecule has 2 aromatic rings. The summed E-state index contributed by atoms with van der Waals surface area (Å²) < 4.78 is 5.59. The fraction of sp³-hybridized carbons (Fsp3) is 0.417. The number of Topliss-reactive ketones (excluding diaryl/α,β-unsaturated/α-hetero) is 1. The molecule has 2 aromatic carbocycles. The van der Waals surface area contributed by atoms with E-state index in [9.17, 15) is 14.7 Å². The summed E-state index contributed by atoms with van der Waals surface area (Å²) in [5.41, 5.74) is 2.27. The fourth-order valence-corrected chi connectivity index (χ4v) is 3.61. The Morgan fingerprint density at radius 2 is 1.83 bits per heavy atom. The van der Waals surface area contributed by atoms with Crippen molar-refractivity contribution in [3.63, 3.8) is 0 Å². The van der Waals surface area contributed by atoms with Gasteiger partial charge in [0.05, 0.1) is 0 Å². The number of carbonyl (C=O) groups is 2. The molecule has 0 spiro atoms. The molecule has 0 aliphatic heterocycles. The molecule has 0 radical (unpaired) electrons. The minimum absolute atomic E-state index is 0.102. The summed E-state index contributed by atoms with van der Waals surface area (Å²) in [5, 5.41) is 9.45. The number of phenols is 1. The molecule has 5 heteroatoms. The minimum Gasteiger partial charge on any atom is -0.508 e. The third-order valence-corrected chi connectivity index (χ3v) is 5.11. The van der Waals surface area contributed by atoms with Crippen molar-refractivity contribution >= 4 is 11.9 Å². The van der Waals surface area contributed by atoms with Crippen LogP contribution in [0, 0.1) is 5.92 Å². The third kappa shape index (κ3) is 5.59. The number of nitrogens with zero attached hydrogens (tertiary/aromatic N) is 1. The average molecular weight is 395 g/mol. The highest BCUT2D eigenvalue weighted by Gasteiger charge is 2.31. The summed E-state index contributed by atoms with van der Waals surface area (Å²) in [6.45, 7) is 6.31. The summed E-state index contributed by atoms with van der Waals surface area (Å²) in [6.07, 6.45) is 1.79. The number of aromatic hydroxyl groups is 1. The SMILES string of the molecule is CC(C)(C)OC(=O)N(CCc1ccc(O)cc1)CC1CCc2ccccc2C1=O. The van der Waals surface area contributed by atoms with Crippen LogP contribution < -0.4 is 0 Å². The molecule has 154 valence electrons. The third-order valence-electron chi connectivity index (χ3n) is 5.11. The summed E-state index contributed by atoms with van der Waals surface area (Å²) in [5.74, 6) is 0.0893. The topological polar surface area (TPSA) is 66.8 Å². The number of ether oxygens (including phenoxy) is 1.